The summed E-state index contributed by atoms with van der Waals surface area (Å²) in [5, 5.41) is 2.94. The van der Waals surface area contributed by atoms with Crippen molar-refractivity contribution in [3.05, 3.63) is 48.5 Å². The van der Waals surface area contributed by atoms with Gasteiger partial charge in [0.2, 0.25) is 5.91 Å². The van der Waals surface area contributed by atoms with Gasteiger partial charge in [0.05, 0.1) is 11.0 Å². The minimum absolute atomic E-state index is 0.00739. The molecule has 0 unspecified atom stereocenters. The quantitative estimate of drug-likeness (QED) is 0.770. The molecular formula is C19H21N3O. The predicted octanol–water partition coefficient (Wildman–Crippen LogP) is 4.22. The van der Waals surface area contributed by atoms with E-state index in [9.17, 15) is 4.79 Å². The Morgan fingerprint density at radius 3 is 2.30 bits per heavy atom. The average Bonchev–Trinajstić information content (AvgIpc) is 2.85. The van der Waals surface area contributed by atoms with Crippen molar-refractivity contribution in [3.63, 3.8) is 0 Å². The van der Waals surface area contributed by atoms with Gasteiger partial charge in [-0.25, -0.2) is 4.98 Å². The molecule has 0 fully saturated rings. The number of carbonyl (C=O) groups excluding carboxylic acids is 1. The van der Waals surface area contributed by atoms with Gasteiger partial charge in [0, 0.05) is 23.7 Å². The number of rotatable bonds is 2. The fourth-order valence-electron chi connectivity index (χ4n) is 2.42. The number of benzene rings is 2. The van der Waals surface area contributed by atoms with Gasteiger partial charge in [-0.2, -0.15) is 0 Å². The number of hydrogen-bond donors (Lipinski definition) is 1. The van der Waals surface area contributed by atoms with Crippen LogP contribution in [0.1, 0.15) is 20.8 Å². The third kappa shape index (κ3) is 2.97. The molecule has 1 aromatic heterocycles. The SMILES string of the molecule is Cn1c(-c2ccc(NC(=O)C(C)(C)C)cc2)nc2ccccc21. The van der Waals surface area contributed by atoms with E-state index in [1.807, 2.05) is 70.3 Å². The van der Waals surface area contributed by atoms with E-state index in [-0.39, 0.29) is 5.91 Å². The number of aromatic nitrogens is 2. The minimum Gasteiger partial charge on any atom is -0.327 e. The molecular weight excluding hydrogens is 286 g/mol. The van der Waals surface area contributed by atoms with Crippen LogP contribution in [0, 0.1) is 5.41 Å². The smallest absolute Gasteiger partial charge is 0.229 e. The first kappa shape index (κ1) is 15.3. The Hall–Kier alpha value is -2.62. The predicted molar refractivity (Wildman–Crippen MR) is 94.2 cm³/mol. The van der Waals surface area contributed by atoms with Gasteiger partial charge < -0.3 is 9.88 Å². The second kappa shape index (κ2) is 5.54. The van der Waals surface area contributed by atoms with Crippen LogP contribution in [0.5, 0.6) is 0 Å². The largest absolute Gasteiger partial charge is 0.327 e. The maximum absolute atomic E-state index is 12.0. The Labute approximate surface area is 136 Å². The summed E-state index contributed by atoms with van der Waals surface area (Å²) in [5.41, 5.74) is 3.50. The van der Waals surface area contributed by atoms with Crippen molar-refractivity contribution < 1.29 is 4.79 Å². The lowest BCUT2D eigenvalue weighted by Gasteiger charge is -2.17. The van der Waals surface area contributed by atoms with Crippen LogP contribution in [0.2, 0.25) is 0 Å². The topological polar surface area (TPSA) is 46.9 Å². The molecule has 0 atom stereocenters. The zero-order valence-electron chi connectivity index (χ0n) is 13.9. The maximum atomic E-state index is 12.0. The lowest BCUT2D eigenvalue weighted by molar-refractivity contribution is -0.123. The number of amides is 1. The van der Waals surface area contributed by atoms with E-state index < -0.39 is 5.41 Å². The van der Waals surface area contributed by atoms with Crippen LogP contribution in [-0.2, 0) is 11.8 Å². The number of para-hydroxylation sites is 2. The zero-order chi connectivity index (χ0) is 16.6. The van der Waals surface area contributed by atoms with Crippen molar-refractivity contribution in [1.82, 2.24) is 9.55 Å². The molecule has 23 heavy (non-hydrogen) atoms. The molecule has 0 saturated carbocycles. The van der Waals surface area contributed by atoms with Gasteiger partial charge in [0.1, 0.15) is 5.82 Å². The Bertz CT molecular complexity index is 854. The molecule has 4 nitrogen and oxygen atoms in total. The van der Waals surface area contributed by atoms with E-state index >= 15 is 0 Å². The number of nitrogens with zero attached hydrogens (tertiary/aromatic N) is 2. The highest BCUT2D eigenvalue weighted by Gasteiger charge is 2.21. The highest BCUT2D eigenvalue weighted by atomic mass is 16.2. The first-order chi connectivity index (χ1) is 10.9. The fourth-order valence-corrected chi connectivity index (χ4v) is 2.42. The van der Waals surface area contributed by atoms with Crippen molar-refractivity contribution >= 4 is 22.6 Å². The third-order valence-electron chi connectivity index (χ3n) is 3.87. The van der Waals surface area contributed by atoms with Crippen molar-refractivity contribution in [1.29, 1.82) is 0 Å². The summed E-state index contributed by atoms with van der Waals surface area (Å²) < 4.78 is 2.08. The second-order valence-corrected chi connectivity index (χ2v) is 6.76. The Kier molecular flexibility index (Phi) is 3.68. The van der Waals surface area contributed by atoms with Gasteiger partial charge in [-0.3, -0.25) is 4.79 Å². The van der Waals surface area contributed by atoms with E-state index in [2.05, 4.69) is 20.9 Å². The summed E-state index contributed by atoms with van der Waals surface area (Å²) >= 11 is 0. The molecule has 4 heteroatoms. The number of nitrogens with one attached hydrogen (secondary N) is 1. The molecule has 0 spiro atoms. The number of aryl methyl sites for hydroxylation is 1. The molecule has 1 amide bonds. The Balaban J connectivity index is 1.90. The molecule has 0 aliphatic carbocycles. The Morgan fingerprint density at radius 1 is 1.04 bits per heavy atom. The van der Waals surface area contributed by atoms with Crippen LogP contribution in [0.3, 0.4) is 0 Å². The minimum atomic E-state index is -0.407. The summed E-state index contributed by atoms with van der Waals surface area (Å²) in [5.74, 6) is 0.924. The first-order valence-corrected chi connectivity index (χ1v) is 7.69. The van der Waals surface area contributed by atoms with Crippen molar-refractivity contribution in [2.24, 2.45) is 12.5 Å². The average molecular weight is 307 g/mol. The molecule has 118 valence electrons. The standard InChI is InChI=1S/C19H21N3O/c1-19(2,3)18(23)20-14-11-9-13(10-12-14)17-21-15-7-5-6-8-16(15)22(17)4/h5-12H,1-4H3,(H,20,23). The number of anilines is 1. The monoisotopic (exact) mass is 307 g/mol. The number of carbonyl (C=O) groups is 1. The molecule has 3 aromatic rings. The van der Waals surface area contributed by atoms with E-state index in [4.69, 9.17) is 0 Å². The molecule has 0 bridgehead atoms. The molecule has 1 N–H and O–H groups in total. The lowest BCUT2D eigenvalue weighted by atomic mass is 9.95. The summed E-state index contributed by atoms with van der Waals surface area (Å²) in [6.45, 7) is 5.70. The van der Waals surface area contributed by atoms with Crippen LogP contribution < -0.4 is 5.32 Å². The molecule has 3 rings (SSSR count). The fraction of sp³-hybridized carbons (Fsp3) is 0.263. The van der Waals surface area contributed by atoms with Gasteiger partial charge in [-0.05, 0) is 36.4 Å². The number of imidazole rings is 1. The second-order valence-electron chi connectivity index (χ2n) is 6.76. The van der Waals surface area contributed by atoms with E-state index in [1.54, 1.807) is 0 Å². The summed E-state index contributed by atoms with van der Waals surface area (Å²) in [6, 6.07) is 15.9. The molecule has 0 aliphatic rings. The van der Waals surface area contributed by atoms with E-state index in [1.165, 1.54) is 0 Å². The van der Waals surface area contributed by atoms with Crippen LogP contribution in [-0.4, -0.2) is 15.5 Å². The molecule has 0 aliphatic heterocycles. The van der Waals surface area contributed by atoms with E-state index in [0.29, 0.717) is 0 Å². The Morgan fingerprint density at radius 2 is 1.70 bits per heavy atom. The van der Waals surface area contributed by atoms with Gasteiger partial charge in [-0.15, -0.1) is 0 Å². The number of hydrogen-bond acceptors (Lipinski definition) is 2. The zero-order valence-corrected chi connectivity index (χ0v) is 13.9. The van der Waals surface area contributed by atoms with Crippen LogP contribution >= 0.6 is 0 Å². The highest BCUT2D eigenvalue weighted by Crippen LogP contribution is 2.25. The number of fused-ring (bicyclic) bond motifs is 1. The first-order valence-electron chi connectivity index (χ1n) is 7.69. The van der Waals surface area contributed by atoms with Crippen LogP contribution in [0.25, 0.3) is 22.4 Å². The molecule has 1 heterocycles. The normalized spacial score (nSPS) is 11.7. The van der Waals surface area contributed by atoms with Gasteiger partial charge >= 0.3 is 0 Å². The highest BCUT2D eigenvalue weighted by molar-refractivity contribution is 5.94. The van der Waals surface area contributed by atoms with Gasteiger partial charge in [-0.1, -0.05) is 32.9 Å². The summed E-state index contributed by atoms with van der Waals surface area (Å²) in [6.07, 6.45) is 0. The summed E-state index contributed by atoms with van der Waals surface area (Å²) in [4.78, 5) is 16.7. The molecule has 0 saturated heterocycles. The maximum Gasteiger partial charge on any atom is 0.229 e. The van der Waals surface area contributed by atoms with Crippen molar-refractivity contribution in [3.8, 4) is 11.4 Å². The molecule has 0 radical (unpaired) electrons. The van der Waals surface area contributed by atoms with Crippen LogP contribution in [0.15, 0.2) is 48.5 Å². The van der Waals surface area contributed by atoms with E-state index in [0.717, 1.165) is 28.1 Å². The summed E-state index contributed by atoms with van der Waals surface area (Å²) in [7, 11) is 2.01. The van der Waals surface area contributed by atoms with Gasteiger partial charge in [0.15, 0.2) is 0 Å². The van der Waals surface area contributed by atoms with Crippen molar-refractivity contribution in [2.75, 3.05) is 5.32 Å². The molecule has 2 aromatic carbocycles. The van der Waals surface area contributed by atoms with Crippen molar-refractivity contribution in [2.45, 2.75) is 20.8 Å². The van der Waals surface area contributed by atoms with Gasteiger partial charge in [0.25, 0.3) is 0 Å². The van der Waals surface area contributed by atoms with Crippen LogP contribution in [0.4, 0.5) is 5.69 Å². The third-order valence-corrected chi connectivity index (χ3v) is 3.87. The lowest BCUT2D eigenvalue weighted by Crippen LogP contribution is -2.27.